The summed E-state index contributed by atoms with van der Waals surface area (Å²) in [5, 5.41) is 23.2. The molecular weight excluding hydrogens is 250 g/mol. The Morgan fingerprint density at radius 2 is 1.00 bits per heavy atom. The first-order valence-electron chi connectivity index (χ1n) is 4.87. The summed E-state index contributed by atoms with van der Waals surface area (Å²) in [5.74, 6) is 0. The fraction of sp³-hybridized carbons (Fsp3) is 1.00. The molecule has 0 aliphatic rings. The molecule has 0 amide bonds. The Hall–Kier alpha value is 1.73. The molecule has 0 aliphatic carbocycles. The minimum absolute atomic E-state index is 0. The van der Waals surface area contributed by atoms with Gasteiger partial charge in [0.15, 0.2) is 0 Å². The van der Waals surface area contributed by atoms with E-state index >= 15 is 0 Å². The Bertz CT molecular complexity index is 138. The second-order valence-electron chi connectivity index (χ2n) is 5.95. The number of rotatable bonds is 2. The molecule has 0 bridgehead atoms. The van der Waals surface area contributed by atoms with E-state index in [9.17, 15) is 10.2 Å². The van der Waals surface area contributed by atoms with Gasteiger partial charge in [0.2, 0.25) is 0 Å². The molecular formula is C11H22O2Rb-. The third kappa shape index (κ3) is 7.07. The molecule has 0 saturated heterocycles. The molecule has 0 aromatic heterocycles. The number of hydrogen-bond acceptors (Lipinski definition) is 2. The fourth-order valence-electron chi connectivity index (χ4n) is 0.902. The van der Waals surface area contributed by atoms with Crippen LogP contribution in [-0.4, -0.2) is 12.2 Å². The van der Waals surface area contributed by atoms with Gasteiger partial charge in [-0.25, -0.2) is 0 Å². The Morgan fingerprint density at radius 3 is 1.14 bits per heavy atom. The smallest absolute Gasteiger partial charge is 0.852 e. The molecule has 0 radical (unpaired) electrons. The van der Waals surface area contributed by atoms with Crippen LogP contribution in [0.1, 0.15) is 48.0 Å². The van der Waals surface area contributed by atoms with E-state index in [0.717, 1.165) is 0 Å². The van der Waals surface area contributed by atoms with Crippen molar-refractivity contribution in [3.05, 3.63) is 0 Å². The van der Waals surface area contributed by atoms with Crippen LogP contribution < -0.4 is 68.4 Å². The summed E-state index contributed by atoms with van der Waals surface area (Å²) in [6.45, 7) is 11.3. The van der Waals surface area contributed by atoms with Gasteiger partial charge < -0.3 is 10.2 Å². The molecule has 2 atom stereocenters. The molecule has 0 aliphatic heterocycles. The van der Waals surface area contributed by atoms with Crippen molar-refractivity contribution in [3.8, 4) is 0 Å². The molecule has 0 saturated carbocycles. The monoisotopic (exact) mass is 271 g/mol. The minimum Gasteiger partial charge on any atom is -0.852 e. The van der Waals surface area contributed by atoms with Crippen molar-refractivity contribution in [2.24, 2.45) is 10.8 Å². The van der Waals surface area contributed by atoms with Gasteiger partial charge >= 0.3 is 58.2 Å². The Kier molecular flexibility index (Phi) is 8.35. The normalized spacial score (nSPS) is 17.1. The maximum absolute atomic E-state index is 11.6. The van der Waals surface area contributed by atoms with E-state index in [1.165, 1.54) is 0 Å². The molecule has 80 valence electrons. The topological polar surface area (TPSA) is 46.1 Å². The first-order valence-corrected chi connectivity index (χ1v) is 4.87. The van der Waals surface area contributed by atoms with Crippen molar-refractivity contribution in [1.29, 1.82) is 0 Å². The molecule has 0 heterocycles. The average Bonchev–Trinajstić information content (AvgIpc) is 1.82. The van der Waals surface area contributed by atoms with Crippen LogP contribution in [-0.2, 0) is 0 Å². The first-order chi connectivity index (χ1) is 5.55. The zero-order valence-electron chi connectivity index (χ0n) is 10.7. The molecule has 14 heavy (non-hydrogen) atoms. The largest absolute Gasteiger partial charge is 1.00 e. The van der Waals surface area contributed by atoms with Crippen LogP contribution in [0.4, 0.5) is 0 Å². The summed E-state index contributed by atoms with van der Waals surface area (Å²) in [6, 6.07) is 0. The van der Waals surface area contributed by atoms with Gasteiger partial charge in [-0.15, -0.1) is 12.2 Å². The quantitative estimate of drug-likeness (QED) is 0.579. The fourth-order valence-corrected chi connectivity index (χ4v) is 0.902. The zero-order chi connectivity index (χ0) is 10.9. The van der Waals surface area contributed by atoms with Gasteiger partial charge in [-0.1, -0.05) is 58.8 Å². The molecule has 2 unspecified atom stereocenters. The van der Waals surface area contributed by atoms with E-state index in [1.54, 1.807) is 0 Å². The summed E-state index contributed by atoms with van der Waals surface area (Å²) in [4.78, 5) is 0. The van der Waals surface area contributed by atoms with Crippen LogP contribution in [0.25, 0.3) is 0 Å². The zero-order valence-corrected chi connectivity index (χ0v) is 15.6. The van der Waals surface area contributed by atoms with Crippen molar-refractivity contribution in [3.63, 3.8) is 0 Å². The SMILES string of the molecule is CC(C)(C)C([O-])CC([O-])C(C)(C)C.[Rb+]. The Balaban J connectivity index is 0. The molecule has 0 N–H and O–H groups in total. The van der Waals surface area contributed by atoms with Crippen LogP contribution in [0.15, 0.2) is 0 Å². The van der Waals surface area contributed by atoms with Crippen LogP contribution in [0.2, 0.25) is 0 Å². The molecule has 0 spiro atoms. The molecule has 0 fully saturated rings. The van der Waals surface area contributed by atoms with E-state index < -0.39 is 12.2 Å². The van der Waals surface area contributed by atoms with E-state index in [-0.39, 0.29) is 75.4 Å². The average molecular weight is 272 g/mol. The van der Waals surface area contributed by atoms with Gasteiger partial charge in [-0.2, -0.15) is 0 Å². The van der Waals surface area contributed by atoms with E-state index in [4.69, 9.17) is 0 Å². The minimum atomic E-state index is -0.755. The van der Waals surface area contributed by atoms with E-state index in [2.05, 4.69) is 0 Å². The van der Waals surface area contributed by atoms with Gasteiger partial charge in [0.05, 0.1) is 0 Å². The van der Waals surface area contributed by atoms with Gasteiger partial charge in [0, 0.05) is 0 Å². The maximum Gasteiger partial charge on any atom is 1.00 e. The predicted molar refractivity (Wildman–Crippen MR) is 51.1 cm³/mol. The van der Waals surface area contributed by atoms with Crippen LogP contribution >= 0.6 is 0 Å². The van der Waals surface area contributed by atoms with Crippen LogP contribution in [0.5, 0.6) is 0 Å². The van der Waals surface area contributed by atoms with E-state index in [0.29, 0.717) is 0 Å². The summed E-state index contributed by atoms with van der Waals surface area (Å²) >= 11 is 0. The number of hydrogen-bond donors (Lipinski definition) is 0. The second-order valence-corrected chi connectivity index (χ2v) is 5.95. The molecule has 0 aromatic rings. The Labute approximate surface area is 137 Å². The molecule has 0 rings (SSSR count). The van der Waals surface area contributed by atoms with Crippen molar-refractivity contribution in [1.82, 2.24) is 0 Å². The summed E-state index contributed by atoms with van der Waals surface area (Å²) in [5.41, 5.74) is -0.595. The second kappa shape index (κ2) is 6.46. The Morgan fingerprint density at radius 1 is 0.786 bits per heavy atom. The summed E-state index contributed by atoms with van der Waals surface area (Å²) < 4.78 is 0. The van der Waals surface area contributed by atoms with Crippen molar-refractivity contribution in [2.75, 3.05) is 0 Å². The molecule has 2 nitrogen and oxygen atoms in total. The van der Waals surface area contributed by atoms with Crippen molar-refractivity contribution < 1.29 is 68.4 Å². The predicted octanol–water partition coefficient (Wildman–Crippen LogP) is -2.07. The summed E-state index contributed by atoms with van der Waals surface area (Å²) in [7, 11) is 0. The van der Waals surface area contributed by atoms with Gasteiger partial charge in [-0.3, -0.25) is 0 Å². The standard InChI is InChI=1S/C11H22O2.Rb/c1-10(2,3)8(12)7-9(13)11(4,5)6;/h8-9H,7H2,1-6H3;/q-2;+1. The third-order valence-electron chi connectivity index (χ3n) is 2.36. The van der Waals surface area contributed by atoms with Crippen LogP contribution in [0, 0.1) is 10.8 Å². The molecule has 3 heteroatoms. The first kappa shape index (κ1) is 18.1. The van der Waals surface area contributed by atoms with Crippen LogP contribution in [0.3, 0.4) is 0 Å². The van der Waals surface area contributed by atoms with Crippen molar-refractivity contribution >= 4 is 0 Å². The van der Waals surface area contributed by atoms with Gasteiger partial charge in [0.1, 0.15) is 0 Å². The third-order valence-corrected chi connectivity index (χ3v) is 2.36. The van der Waals surface area contributed by atoms with E-state index in [1.807, 2.05) is 41.5 Å². The maximum atomic E-state index is 11.6. The molecule has 0 aromatic carbocycles. The van der Waals surface area contributed by atoms with Gasteiger partial charge in [-0.05, 0) is 0 Å². The summed E-state index contributed by atoms with van der Waals surface area (Å²) in [6.07, 6.45) is -1.28. The van der Waals surface area contributed by atoms with Crippen molar-refractivity contribution in [2.45, 2.75) is 60.2 Å². The van der Waals surface area contributed by atoms with Gasteiger partial charge in [0.25, 0.3) is 0 Å².